The molecule has 0 unspecified atom stereocenters. The molecule has 0 aliphatic carbocycles. The molecule has 0 aromatic heterocycles. The lowest BCUT2D eigenvalue weighted by Gasteiger charge is -2.13. The molecular formula is C16H16BrFO. The van der Waals surface area contributed by atoms with Gasteiger partial charge in [0.1, 0.15) is 6.61 Å². The first-order valence-corrected chi connectivity index (χ1v) is 7.26. The van der Waals surface area contributed by atoms with E-state index in [1.165, 1.54) is 11.6 Å². The van der Waals surface area contributed by atoms with E-state index in [4.69, 9.17) is 4.74 Å². The van der Waals surface area contributed by atoms with Gasteiger partial charge in [-0.3, -0.25) is 0 Å². The second kappa shape index (κ2) is 6.20. The molecule has 0 fully saturated rings. The van der Waals surface area contributed by atoms with Crippen molar-refractivity contribution in [2.75, 3.05) is 0 Å². The number of alkyl halides is 1. The van der Waals surface area contributed by atoms with Crippen LogP contribution in [0.5, 0.6) is 5.75 Å². The quantitative estimate of drug-likeness (QED) is 0.726. The first-order valence-electron chi connectivity index (χ1n) is 6.14. The number of aryl methyl sites for hydroxylation is 2. The Kier molecular flexibility index (Phi) is 4.59. The molecule has 100 valence electrons. The average molecular weight is 323 g/mol. The summed E-state index contributed by atoms with van der Waals surface area (Å²) in [5.41, 5.74) is 4.25. The van der Waals surface area contributed by atoms with Gasteiger partial charge in [0.15, 0.2) is 11.6 Å². The van der Waals surface area contributed by atoms with Crippen LogP contribution in [0, 0.1) is 19.7 Å². The Balaban J connectivity index is 2.21. The molecule has 0 saturated heterocycles. The van der Waals surface area contributed by atoms with Crippen LogP contribution >= 0.6 is 15.9 Å². The molecule has 2 aromatic rings. The molecule has 0 spiro atoms. The van der Waals surface area contributed by atoms with Crippen molar-refractivity contribution in [1.82, 2.24) is 0 Å². The fourth-order valence-corrected chi connectivity index (χ4v) is 2.37. The Hall–Kier alpha value is -1.35. The molecule has 1 nitrogen and oxygen atoms in total. The van der Waals surface area contributed by atoms with Crippen LogP contribution in [0.25, 0.3) is 0 Å². The van der Waals surface area contributed by atoms with Crippen LogP contribution in [0.1, 0.15) is 22.3 Å². The zero-order valence-corrected chi connectivity index (χ0v) is 12.6. The van der Waals surface area contributed by atoms with Gasteiger partial charge in [-0.15, -0.1) is 0 Å². The lowest BCUT2D eigenvalue weighted by molar-refractivity contribution is 0.287. The fourth-order valence-electron chi connectivity index (χ4n) is 1.93. The van der Waals surface area contributed by atoms with Crippen molar-refractivity contribution in [1.29, 1.82) is 0 Å². The highest BCUT2D eigenvalue weighted by Gasteiger charge is 2.09. The predicted octanol–water partition coefficient (Wildman–Crippen LogP) is 4.92. The van der Waals surface area contributed by atoms with Crippen LogP contribution in [0.2, 0.25) is 0 Å². The number of halogens is 2. The van der Waals surface area contributed by atoms with E-state index in [2.05, 4.69) is 34.1 Å². The number of ether oxygens (including phenoxy) is 1. The number of hydrogen-bond donors (Lipinski definition) is 0. The fraction of sp³-hybridized carbons (Fsp3) is 0.250. The summed E-state index contributed by atoms with van der Waals surface area (Å²) >= 11 is 3.35. The summed E-state index contributed by atoms with van der Waals surface area (Å²) in [5, 5.41) is 0.576. The third kappa shape index (κ3) is 3.35. The van der Waals surface area contributed by atoms with Crippen molar-refractivity contribution in [3.8, 4) is 5.75 Å². The molecule has 0 aliphatic rings. The molecule has 0 amide bonds. The van der Waals surface area contributed by atoms with Crippen molar-refractivity contribution in [2.45, 2.75) is 25.8 Å². The van der Waals surface area contributed by atoms with E-state index in [-0.39, 0.29) is 5.82 Å². The number of rotatable bonds is 4. The highest BCUT2D eigenvalue weighted by Crippen LogP contribution is 2.26. The van der Waals surface area contributed by atoms with Gasteiger partial charge < -0.3 is 4.74 Å². The van der Waals surface area contributed by atoms with Gasteiger partial charge in [0.05, 0.1) is 0 Å². The Morgan fingerprint density at radius 2 is 1.89 bits per heavy atom. The lowest BCUT2D eigenvalue weighted by atomic mass is 10.1. The number of benzene rings is 2. The van der Waals surface area contributed by atoms with Gasteiger partial charge in [-0.05, 0) is 31.0 Å². The zero-order valence-electron chi connectivity index (χ0n) is 11.0. The number of para-hydroxylation sites is 1. The van der Waals surface area contributed by atoms with Gasteiger partial charge >= 0.3 is 0 Å². The molecule has 0 N–H and O–H groups in total. The maximum Gasteiger partial charge on any atom is 0.165 e. The second-order valence-electron chi connectivity index (χ2n) is 4.58. The van der Waals surface area contributed by atoms with Crippen LogP contribution in [0.3, 0.4) is 0 Å². The van der Waals surface area contributed by atoms with E-state index in [0.717, 1.165) is 16.7 Å². The van der Waals surface area contributed by atoms with Crippen LogP contribution in [-0.4, -0.2) is 0 Å². The molecular weight excluding hydrogens is 307 g/mol. The van der Waals surface area contributed by atoms with Crippen LogP contribution in [-0.2, 0) is 11.9 Å². The highest BCUT2D eigenvalue weighted by molar-refractivity contribution is 9.08. The molecule has 0 aliphatic heterocycles. The van der Waals surface area contributed by atoms with E-state index in [1.54, 1.807) is 6.07 Å². The van der Waals surface area contributed by atoms with Crippen molar-refractivity contribution in [2.24, 2.45) is 0 Å². The van der Waals surface area contributed by atoms with Gasteiger partial charge in [-0.25, -0.2) is 4.39 Å². The smallest absolute Gasteiger partial charge is 0.165 e. The van der Waals surface area contributed by atoms with Crippen LogP contribution < -0.4 is 4.74 Å². The molecule has 0 radical (unpaired) electrons. The van der Waals surface area contributed by atoms with Gasteiger partial charge in [0.25, 0.3) is 0 Å². The Bertz CT molecular complexity index is 581. The van der Waals surface area contributed by atoms with Crippen LogP contribution in [0.15, 0.2) is 36.4 Å². The molecule has 0 atom stereocenters. The third-order valence-corrected chi connectivity index (χ3v) is 3.67. The number of hydrogen-bond acceptors (Lipinski definition) is 1. The van der Waals surface area contributed by atoms with Crippen molar-refractivity contribution in [3.05, 3.63) is 64.5 Å². The molecule has 0 saturated carbocycles. The minimum absolute atomic E-state index is 0.317. The monoisotopic (exact) mass is 322 g/mol. The maximum atomic E-state index is 13.8. The lowest BCUT2D eigenvalue weighted by Crippen LogP contribution is -2.02. The summed E-state index contributed by atoms with van der Waals surface area (Å²) < 4.78 is 19.4. The van der Waals surface area contributed by atoms with Crippen molar-refractivity contribution >= 4 is 15.9 Å². The molecule has 2 aromatic carbocycles. The summed E-state index contributed by atoms with van der Waals surface area (Å²) in [5.74, 6) is 0.0162. The van der Waals surface area contributed by atoms with Gasteiger partial charge in [0.2, 0.25) is 0 Å². The Morgan fingerprint density at radius 1 is 1.11 bits per heavy atom. The second-order valence-corrected chi connectivity index (χ2v) is 5.14. The van der Waals surface area contributed by atoms with Crippen molar-refractivity contribution < 1.29 is 9.13 Å². The summed E-state index contributed by atoms with van der Waals surface area (Å²) in [6, 6.07) is 11.2. The zero-order chi connectivity index (χ0) is 13.8. The molecule has 0 bridgehead atoms. The summed E-state index contributed by atoms with van der Waals surface area (Å²) in [6.45, 7) is 4.45. The summed E-state index contributed by atoms with van der Waals surface area (Å²) in [4.78, 5) is 0. The minimum atomic E-state index is -0.317. The standard InChI is InChI=1S/C16H16BrFO/c1-11-6-7-12(2)14(8-11)10-19-16-13(9-17)4-3-5-15(16)18/h3-8H,9-10H2,1-2H3. The Labute approximate surface area is 121 Å². The molecule has 3 heteroatoms. The van der Waals surface area contributed by atoms with E-state index in [9.17, 15) is 4.39 Å². The Morgan fingerprint density at radius 3 is 2.63 bits per heavy atom. The minimum Gasteiger partial charge on any atom is -0.486 e. The third-order valence-electron chi connectivity index (χ3n) is 3.07. The summed E-state index contributed by atoms with van der Waals surface area (Å²) in [7, 11) is 0. The summed E-state index contributed by atoms with van der Waals surface area (Å²) in [6.07, 6.45) is 0. The van der Waals surface area contributed by atoms with Gasteiger partial charge in [0, 0.05) is 10.9 Å². The molecule has 0 heterocycles. The average Bonchev–Trinajstić information content (AvgIpc) is 2.40. The predicted molar refractivity (Wildman–Crippen MR) is 79.3 cm³/mol. The molecule has 19 heavy (non-hydrogen) atoms. The van der Waals surface area contributed by atoms with E-state index < -0.39 is 0 Å². The van der Waals surface area contributed by atoms with E-state index in [0.29, 0.717) is 17.7 Å². The van der Waals surface area contributed by atoms with Gasteiger partial charge in [-0.1, -0.05) is 51.8 Å². The first kappa shape index (κ1) is 14.1. The van der Waals surface area contributed by atoms with Crippen molar-refractivity contribution in [3.63, 3.8) is 0 Å². The largest absolute Gasteiger partial charge is 0.486 e. The normalized spacial score (nSPS) is 10.5. The van der Waals surface area contributed by atoms with Crippen LogP contribution in [0.4, 0.5) is 4.39 Å². The van der Waals surface area contributed by atoms with Gasteiger partial charge in [-0.2, -0.15) is 0 Å². The maximum absolute atomic E-state index is 13.8. The molecule has 2 rings (SSSR count). The van der Waals surface area contributed by atoms with E-state index >= 15 is 0 Å². The first-order chi connectivity index (χ1) is 9.11. The van der Waals surface area contributed by atoms with E-state index in [1.807, 2.05) is 19.9 Å². The highest BCUT2D eigenvalue weighted by atomic mass is 79.9. The topological polar surface area (TPSA) is 9.23 Å². The SMILES string of the molecule is Cc1ccc(C)c(COc2c(F)cccc2CBr)c1.